The van der Waals surface area contributed by atoms with E-state index in [1.807, 2.05) is 18.2 Å². The van der Waals surface area contributed by atoms with Gasteiger partial charge >= 0.3 is 0 Å². The number of benzene rings is 1. The first-order valence-electron chi connectivity index (χ1n) is 5.12. The molecule has 0 fully saturated rings. The second-order valence-electron chi connectivity index (χ2n) is 4.83. The summed E-state index contributed by atoms with van der Waals surface area (Å²) in [6, 6.07) is 10.5. The number of allylic oxidation sites excluding steroid dienone is 1. The van der Waals surface area contributed by atoms with Gasteiger partial charge in [0.2, 0.25) is 0 Å². The molecule has 0 radical (unpaired) electrons. The molecule has 1 aromatic rings. The minimum absolute atomic E-state index is 0.0837. The second-order valence-corrected chi connectivity index (χ2v) is 4.83. The fraction of sp³-hybridized carbons (Fsp3) is 0.357. The van der Waals surface area contributed by atoms with Crippen LogP contribution in [-0.4, -0.2) is 0 Å². The standard InChI is InChI=1S/C14H17N/c1-11-5-7-12(8-6-11)9-13(10-15)14(2,3)4/h5-9H,1-4H3/b13-9-. The molecule has 78 valence electrons. The van der Waals surface area contributed by atoms with Crippen LogP contribution in [0.2, 0.25) is 0 Å². The fourth-order valence-corrected chi connectivity index (χ4v) is 1.25. The highest BCUT2D eigenvalue weighted by molar-refractivity contribution is 5.58. The van der Waals surface area contributed by atoms with E-state index in [0.717, 1.165) is 11.1 Å². The summed E-state index contributed by atoms with van der Waals surface area (Å²) in [5.41, 5.74) is 3.06. The molecule has 1 nitrogen and oxygen atoms in total. The Morgan fingerprint density at radius 2 is 1.73 bits per heavy atom. The van der Waals surface area contributed by atoms with E-state index in [2.05, 4.69) is 45.9 Å². The first-order valence-corrected chi connectivity index (χ1v) is 5.12. The topological polar surface area (TPSA) is 23.8 Å². The minimum atomic E-state index is -0.0837. The monoisotopic (exact) mass is 199 g/mol. The van der Waals surface area contributed by atoms with Crippen molar-refractivity contribution in [2.24, 2.45) is 5.41 Å². The van der Waals surface area contributed by atoms with Gasteiger partial charge in [-0.1, -0.05) is 50.6 Å². The van der Waals surface area contributed by atoms with Crippen molar-refractivity contribution >= 4 is 6.08 Å². The lowest BCUT2D eigenvalue weighted by molar-refractivity contribution is 0.523. The van der Waals surface area contributed by atoms with E-state index < -0.39 is 0 Å². The van der Waals surface area contributed by atoms with E-state index in [1.165, 1.54) is 5.56 Å². The van der Waals surface area contributed by atoms with E-state index in [-0.39, 0.29) is 5.41 Å². The molecule has 1 rings (SSSR count). The number of hydrogen-bond donors (Lipinski definition) is 0. The third-order valence-electron chi connectivity index (χ3n) is 2.32. The quantitative estimate of drug-likeness (QED) is 0.628. The van der Waals surface area contributed by atoms with E-state index in [0.29, 0.717) is 0 Å². The first kappa shape index (κ1) is 11.5. The zero-order chi connectivity index (χ0) is 11.5. The maximum Gasteiger partial charge on any atom is 0.0952 e. The third-order valence-corrected chi connectivity index (χ3v) is 2.32. The van der Waals surface area contributed by atoms with Crippen LogP contribution >= 0.6 is 0 Å². The largest absolute Gasteiger partial charge is 0.193 e. The van der Waals surface area contributed by atoms with Crippen LogP contribution in [0.4, 0.5) is 0 Å². The summed E-state index contributed by atoms with van der Waals surface area (Å²) in [6.07, 6.45) is 1.96. The molecule has 0 spiro atoms. The van der Waals surface area contributed by atoms with Crippen LogP contribution in [0.15, 0.2) is 29.8 Å². The van der Waals surface area contributed by atoms with E-state index in [1.54, 1.807) is 0 Å². The summed E-state index contributed by atoms with van der Waals surface area (Å²) < 4.78 is 0. The molecule has 0 N–H and O–H groups in total. The summed E-state index contributed by atoms with van der Waals surface area (Å²) in [4.78, 5) is 0. The summed E-state index contributed by atoms with van der Waals surface area (Å²) in [6.45, 7) is 8.21. The van der Waals surface area contributed by atoms with Crippen LogP contribution in [0.5, 0.6) is 0 Å². The number of aryl methyl sites for hydroxylation is 1. The van der Waals surface area contributed by atoms with Crippen LogP contribution in [0.3, 0.4) is 0 Å². The maximum atomic E-state index is 9.06. The lowest BCUT2D eigenvalue weighted by Crippen LogP contribution is -2.07. The highest BCUT2D eigenvalue weighted by atomic mass is 14.3. The smallest absolute Gasteiger partial charge is 0.0952 e. The number of rotatable bonds is 1. The van der Waals surface area contributed by atoms with E-state index in [4.69, 9.17) is 5.26 Å². The first-order chi connectivity index (χ1) is 6.93. The highest BCUT2D eigenvalue weighted by Crippen LogP contribution is 2.26. The maximum absolute atomic E-state index is 9.06. The lowest BCUT2D eigenvalue weighted by atomic mass is 9.86. The van der Waals surface area contributed by atoms with Gasteiger partial charge in [0.25, 0.3) is 0 Å². The Morgan fingerprint density at radius 3 is 2.13 bits per heavy atom. The van der Waals surface area contributed by atoms with Crippen LogP contribution < -0.4 is 0 Å². The van der Waals surface area contributed by atoms with E-state index in [9.17, 15) is 0 Å². The Labute approximate surface area is 92.1 Å². The molecule has 0 aliphatic carbocycles. The number of nitrogens with zero attached hydrogens (tertiary/aromatic N) is 1. The Hall–Kier alpha value is -1.55. The third kappa shape index (κ3) is 3.25. The SMILES string of the molecule is Cc1ccc(/C=C(/C#N)C(C)(C)C)cc1. The molecule has 1 heteroatoms. The van der Waals surface area contributed by atoms with Gasteiger partial charge in [-0.15, -0.1) is 0 Å². The Kier molecular flexibility index (Phi) is 3.31. The molecule has 0 aromatic heterocycles. The Balaban J connectivity index is 3.06. The molecule has 0 aliphatic rings. The van der Waals surface area contributed by atoms with Gasteiger partial charge in [0.1, 0.15) is 0 Å². The average Bonchev–Trinajstić information content (AvgIpc) is 2.15. The van der Waals surface area contributed by atoms with Gasteiger partial charge in [-0.2, -0.15) is 5.26 Å². The summed E-state index contributed by atoms with van der Waals surface area (Å²) in [5.74, 6) is 0. The predicted octanol–water partition coefficient (Wildman–Crippen LogP) is 3.95. The summed E-state index contributed by atoms with van der Waals surface area (Å²) >= 11 is 0. The second kappa shape index (κ2) is 4.31. The van der Waals surface area contributed by atoms with Gasteiger partial charge < -0.3 is 0 Å². The normalized spacial score (nSPS) is 12.3. The molecule has 0 atom stereocenters. The van der Waals surface area contributed by atoms with Crippen LogP contribution in [0.1, 0.15) is 31.9 Å². The zero-order valence-corrected chi connectivity index (χ0v) is 9.83. The molecule has 0 saturated carbocycles. The minimum Gasteiger partial charge on any atom is -0.193 e. The molecular formula is C14H17N. The molecule has 15 heavy (non-hydrogen) atoms. The van der Waals surface area contributed by atoms with Crippen molar-refractivity contribution in [1.29, 1.82) is 5.26 Å². The highest BCUT2D eigenvalue weighted by Gasteiger charge is 2.16. The van der Waals surface area contributed by atoms with Crippen molar-refractivity contribution in [3.63, 3.8) is 0 Å². The Morgan fingerprint density at radius 1 is 1.20 bits per heavy atom. The summed E-state index contributed by atoms with van der Waals surface area (Å²) in [7, 11) is 0. The van der Waals surface area contributed by atoms with Crippen LogP contribution in [-0.2, 0) is 0 Å². The van der Waals surface area contributed by atoms with Crippen molar-refractivity contribution in [2.75, 3.05) is 0 Å². The van der Waals surface area contributed by atoms with Gasteiger partial charge in [-0.3, -0.25) is 0 Å². The number of hydrogen-bond acceptors (Lipinski definition) is 1. The predicted molar refractivity (Wildman–Crippen MR) is 64.2 cm³/mol. The summed E-state index contributed by atoms with van der Waals surface area (Å²) in [5, 5.41) is 9.06. The van der Waals surface area contributed by atoms with E-state index >= 15 is 0 Å². The molecule has 0 aliphatic heterocycles. The van der Waals surface area contributed by atoms with Gasteiger partial charge in [-0.05, 0) is 24.0 Å². The average molecular weight is 199 g/mol. The van der Waals surface area contributed by atoms with Crippen molar-refractivity contribution in [3.05, 3.63) is 41.0 Å². The molecule has 0 heterocycles. The molecule has 0 saturated heterocycles. The zero-order valence-electron chi connectivity index (χ0n) is 9.83. The van der Waals surface area contributed by atoms with Crippen molar-refractivity contribution in [1.82, 2.24) is 0 Å². The van der Waals surface area contributed by atoms with Gasteiger partial charge in [0, 0.05) is 5.57 Å². The fourth-order valence-electron chi connectivity index (χ4n) is 1.25. The van der Waals surface area contributed by atoms with Gasteiger partial charge in [0.15, 0.2) is 0 Å². The molecule has 1 aromatic carbocycles. The Bertz CT molecular complexity index is 396. The van der Waals surface area contributed by atoms with Crippen LogP contribution in [0, 0.1) is 23.7 Å². The molecule has 0 bridgehead atoms. The van der Waals surface area contributed by atoms with Crippen molar-refractivity contribution in [2.45, 2.75) is 27.7 Å². The molecule has 0 amide bonds. The van der Waals surface area contributed by atoms with Crippen LogP contribution in [0.25, 0.3) is 6.08 Å². The lowest BCUT2D eigenvalue weighted by Gasteiger charge is -2.16. The van der Waals surface area contributed by atoms with Gasteiger partial charge in [-0.25, -0.2) is 0 Å². The van der Waals surface area contributed by atoms with Gasteiger partial charge in [0.05, 0.1) is 6.07 Å². The number of nitriles is 1. The van der Waals surface area contributed by atoms with Crippen molar-refractivity contribution < 1.29 is 0 Å². The van der Waals surface area contributed by atoms with Crippen molar-refractivity contribution in [3.8, 4) is 6.07 Å². The molecule has 0 unspecified atom stereocenters. The molecular weight excluding hydrogens is 182 g/mol.